The number of aromatic nitrogens is 2. The fourth-order valence-corrected chi connectivity index (χ4v) is 2.36. The van der Waals surface area contributed by atoms with Crippen LogP contribution in [0.4, 0.5) is 11.8 Å². The van der Waals surface area contributed by atoms with Crippen molar-refractivity contribution in [3.05, 3.63) is 47.7 Å². The lowest BCUT2D eigenvalue weighted by Crippen LogP contribution is -2.16. The zero-order valence-electron chi connectivity index (χ0n) is 12.8. The predicted molar refractivity (Wildman–Crippen MR) is 88.8 cm³/mol. The number of hydrogen-bond acceptors (Lipinski definition) is 5. The van der Waals surface area contributed by atoms with Crippen LogP contribution in [0.5, 0.6) is 0 Å². The van der Waals surface area contributed by atoms with Crippen LogP contribution in [-0.4, -0.2) is 34.1 Å². The summed E-state index contributed by atoms with van der Waals surface area (Å²) in [5.74, 6) is 0.673. The van der Waals surface area contributed by atoms with E-state index in [4.69, 9.17) is 5.11 Å². The zero-order chi connectivity index (χ0) is 16.1. The number of nitrogens with one attached hydrogen (secondary N) is 2. The molecule has 120 valence electrons. The molecule has 0 amide bonds. The standard InChI is InChI=1S/C17H20N4O2/c22-16(23)11-19-17-20-14(13-6-7-13)10-15(21-17)18-9-8-12-4-2-1-3-5-12/h1-5,10,13H,6-9,11H2,(H,22,23)(H2,18,19,20,21). The average molecular weight is 312 g/mol. The number of carboxylic acids is 1. The van der Waals surface area contributed by atoms with Crippen LogP contribution in [0.15, 0.2) is 36.4 Å². The van der Waals surface area contributed by atoms with Gasteiger partial charge in [0.15, 0.2) is 0 Å². The summed E-state index contributed by atoms with van der Waals surface area (Å²) in [7, 11) is 0. The highest BCUT2D eigenvalue weighted by Crippen LogP contribution is 2.39. The lowest BCUT2D eigenvalue weighted by molar-refractivity contribution is -0.134. The van der Waals surface area contributed by atoms with Crippen molar-refractivity contribution in [3.8, 4) is 0 Å². The van der Waals surface area contributed by atoms with Crippen molar-refractivity contribution in [2.45, 2.75) is 25.2 Å². The van der Waals surface area contributed by atoms with Crippen LogP contribution in [-0.2, 0) is 11.2 Å². The maximum absolute atomic E-state index is 10.7. The highest BCUT2D eigenvalue weighted by Gasteiger charge is 2.26. The molecule has 0 unspecified atom stereocenters. The van der Waals surface area contributed by atoms with E-state index >= 15 is 0 Å². The highest BCUT2D eigenvalue weighted by atomic mass is 16.4. The van der Waals surface area contributed by atoms with Crippen molar-refractivity contribution in [1.82, 2.24) is 9.97 Å². The SMILES string of the molecule is O=C(O)CNc1nc(NCCc2ccccc2)cc(C2CC2)n1. The minimum Gasteiger partial charge on any atom is -0.480 e. The second-order valence-electron chi connectivity index (χ2n) is 5.69. The van der Waals surface area contributed by atoms with Gasteiger partial charge in [0.05, 0.1) is 5.69 Å². The van der Waals surface area contributed by atoms with E-state index in [1.807, 2.05) is 24.3 Å². The number of carbonyl (C=O) groups is 1. The van der Waals surface area contributed by atoms with Crippen LogP contribution in [0.2, 0.25) is 0 Å². The lowest BCUT2D eigenvalue weighted by Gasteiger charge is -2.10. The van der Waals surface area contributed by atoms with E-state index in [0.29, 0.717) is 11.9 Å². The Labute approximate surface area is 135 Å². The Balaban J connectivity index is 1.63. The maximum atomic E-state index is 10.7. The lowest BCUT2D eigenvalue weighted by atomic mass is 10.1. The summed E-state index contributed by atoms with van der Waals surface area (Å²) in [5.41, 5.74) is 2.25. The minimum atomic E-state index is -0.927. The molecule has 3 rings (SSSR count). The number of carboxylic acid groups (broad SMARTS) is 1. The molecule has 1 fully saturated rings. The molecule has 0 atom stereocenters. The van der Waals surface area contributed by atoms with Gasteiger partial charge < -0.3 is 15.7 Å². The first-order valence-electron chi connectivity index (χ1n) is 7.83. The fourth-order valence-electron chi connectivity index (χ4n) is 2.36. The molecular formula is C17H20N4O2. The van der Waals surface area contributed by atoms with Crippen LogP contribution in [0.3, 0.4) is 0 Å². The van der Waals surface area contributed by atoms with Gasteiger partial charge >= 0.3 is 5.97 Å². The van der Waals surface area contributed by atoms with Crippen LogP contribution in [0.1, 0.15) is 30.0 Å². The Morgan fingerprint density at radius 2 is 1.96 bits per heavy atom. The number of rotatable bonds is 8. The van der Waals surface area contributed by atoms with E-state index in [1.54, 1.807) is 0 Å². The van der Waals surface area contributed by atoms with Gasteiger partial charge in [-0.05, 0) is 24.8 Å². The third-order valence-electron chi connectivity index (χ3n) is 3.70. The molecule has 1 aliphatic rings. The Morgan fingerprint density at radius 1 is 1.17 bits per heavy atom. The van der Waals surface area contributed by atoms with Crippen molar-refractivity contribution in [2.24, 2.45) is 0 Å². The number of anilines is 2. The van der Waals surface area contributed by atoms with Gasteiger partial charge in [-0.25, -0.2) is 4.98 Å². The third kappa shape index (κ3) is 4.67. The first-order chi connectivity index (χ1) is 11.2. The summed E-state index contributed by atoms with van der Waals surface area (Å²) in [4.78, 5) is 19.4. The number of benzene rings is 1. The molecule has 0 spiro atoms. The van der Waals surface area contributed by atoms with Crippen molar-refractivity contribution < 1.29 is 9.90 Å². The van der Waals surface area contributed by atoms with Gasteiger partial charge in [-0.15, -0.1) is 0 Å². The van der Waals surface area contributed by atoms with Gasteiger partial charge in [-0.2, -0.15) is 4.98 Å². The predicted octanol–water partition coefficient (Wildman–Crippen LogP) is 2.51. The average Bonchev–Trinajstić information content (AvgIpc) is 3.39. The van der Waals surface area contributed by atoms with Crippen LogP contribution < -0.4 is 10.6 Å². The quantitative estimate of drug-likeness (QED) is 0.694. The van der Waals surface area contributed by atoms with Gasteiger partial charge in [0, 0.05) is 18.5 Å². The van der Waals surface area contributed by atoms with Crippen molar-refractivity contribution in [1.29, 1.82) is 0 Å². The Morgan fingerprint density at radius 3 is 2.65 bits per heavy atom. The molecule has 2 aromatic rings. The molecule has 1 heterocycles. The molecule has 1 aliphatic carbocycles. The first kappa shape index (κ1) is 15.3. The summed E-state index contributed by atoms with van der Waals surface area (Å²) in [5, 5.41) is 14.8. The highest BCUT2D eigenvalue weighted by molar-refractivity contribution is 5.72. The fraction of sp³-hybridized carbons (Fsp3) is 0.353. The second-order valence-corrected chi connectivity index (χ2v) is 5.69. The Kier molecular flexibility index (Phi) is 4.71. The summed E-state index contributed by atoms with van der Waals surface area (Å²) in [6.45, 7) is 0.584. The molecule has 0 bridgehead atoms. The summed E-state index contributed by atoms with van der Waals surface area (Å²) >= 11 is 0. The Hall–Kier alpha value is -2.63. The molecule has 1 saturated carbocycles. The molecule has 0 saturated heterocycles. The molecule has 0 radical (unpaired) electrons. The topological polar surface area (TPSA) is 87.1 Å². The second kappa shape index (κ2) is 7.09. The van der Waals surface area contributed by atoms with E-state index in [-0.39, 0.29) is 6.54 Å². The Bertz CT molecular complexity index is 672. The number of aliphatic carboxylic acids is 1. The van der Waals surface area contributed by atoms with E-state index in [0.717, 1.165) is 37.3 Å². The normalized spacial score (nSPS) is 13.6. The molecule has 0 aliphatic heterocycles. The van der Waals surface area contributed by atoms with Crippen LogP contribution in [0.25, 0.3) is 0 Å². The zero-order valence-corrected chi connectivity index (χ0v) is 12.8. The third-order valence-corrected chi connectivity index (χ3v) is 3.70. The van der Waals surface area contributed by atoms with Crippen LogP contribution >= 0.6 is 0 Å². The summed E-state index contributed by atoms with van der Waals surface area (Å²) in [6, 6.07) is 12.2. The molecular weight excluding hydrogens is 292 g/mol. The minimum absolute atomic E-state index is 0.183. The maximum Gasteiger partial charge on any atom is 0.322 e. The number of hydrogen-bond donors (Lipinski definition) is 3. The smallest absolute Gasteiger partial charge is 0.322 e. The van der Waals surface area contributed by atoms with E-state index in [9.17, 15) is 4.79 Å². The molecule has 1 aromatic heterocycles. The van der Waals surface area contributed by atoms with Gasteiger partial charge in [0.2, 0.25) is 5.95 Å². The van der Waals surface area contributed by atoms with Crippen LogP contribution in [0, 0.1) is 0 Å². The van der Waals surface area contributed by atoms with Crippen molar-refractivity contribution in [2.75, 3.05) is 23.7 Å². The van der Waals surface area contributed by atoms with Gasteiger partial charge in [0.1, 0.15) is 12.4 Å². The van der Waals surface area contributed by atoms with Gasteiger partial charge in [0.25, 0.3) is 0 Å². The van der Waals surface area contributed by atoms with Gasteiger partial charge in [-0.3, -0.25) is 4.79 Å². The molecule has 1 aromatic carbocycles. The first-order valence-corrected chi connectivity index (χ1v) is 7.83. The monoisotopic (exact) mass is 312 g/mol. The largest absolute Gasteiger partial charge is 0.480 e. The molecule has 6 nitrogen and oxygen atoms in total. The van der Waals surface area contributed by atoms with Gasteiger partial charge in [-0.1, -0.05) is 30.3 Å². The molecule has 6 heteroatoms. The summed E-state index contributed by atoms with van der Waals surface area (Å²) in [6.07, 6.45) is 3.18. The van der Waals surface area contributed by atoms with E-state index < -0.39 is 5.97 Å². The van der Waals surface area contributed by atoms with E-state index in [2.05, 4.69) is 32.7 Å². The number of nitrogens with zero attached hydrogens (tertiary/aromatic N) is 2. The van der Waals surface area contributed by atoms with E-state index in [1.165, 1.54) is 5.56 Å². The van der Waals surface area contributed by atoms with Crippen molar-refractivity contribution in [3.63, 3.8) is 0 Å². The molecule has 3 N–H and O–H groups in total. The summed E-state index contributed by atoms with van der Waals surface area (Å²) < 4.78 is 0. The van der Waals surface area contributed by atoms with Crippen molar-refractivity contribution >= 4 is 17.7 Å². The molecule has 23 heavy (non-hydrogen) atoms.